The van der Waals surface area contributed by atoms with Crippen molar-refractivity contribution in [3.05, 3.63) is 61.2 Å². The molecule has 0 aliphatic rings. The Kier molecular flexibility index (Phi) is 2.70. The summed E-state index contributed by atoms with van der Waals surface area (Å²) >= 11 is 1.66. The predicted molar refractivity (Wildman–Crippen MR) is 103 cm³/mol. The third-order valence-electron chi connectivity index (χ3n) is 4.55. The summed E-state index contributed by atoms with van der Waals surface area (Å²) in [5, 5.41) is 3.09. The number of pyridine rings is 2. The molecule has 0 amide bonds. The highest BCUT2D eigenvalue weighted by Crippen LogP contribution is 2.35. The van der Waals surface area contributed by atoms with E-state index >= 15 is 0 Å². The van der Waals surface area contributed by atoms with E-state index in [0.29, 0.717) is 11.4 Å². The van der Waals surface area contributed by atoms with Gasteiger partial charge in [-0.15, -0.1) is 11.3 Å². The number of thiophene rings is 1. The fourth-order valence-corrected chi connectivity index (χ4v) is 4.37. The van der Waals surface area contributed by atoms with E-state index < -0.39 is 0 Å². The molecule has 6 heteroatoms. The summed E-state index contributed by atoms with van der Waals surface area (Å²) < 4.78 is 6.89. The summed E-state index contributed by atoms with van der Waals surface area (Å²) in [5.74, 6) is 0. The Bertz CT molecular complexity index is 1450. The van der Waals surface area contributed by atoms with Gasteiger partial charge < -0.3 is 4.42 Å². The number of furan rings is 1. The Hall–Kier alpha value is -3.38. The van der Waals surface area contributed by atoms with Gasteiger partial charge in [-0.2, -0.15) is 0 Å². The average Bonchev–Trinajstić information content (AvgIpc) is 3.25. The third-order valence-corrected chi connectivity index (χ3v) is 5.60. The van der Waals surface area contributed by atoms with Gasteiger partial charge in [-0.05, 0) is 29.8 Å². The summed E-state index contributed by atoms with van der Waals surface area (Å²) in [6.07, 6.45) is 7.03. The molecule has 5 heterocycles. The lowest BCUT2D eigenvalue weighted by atomic mass is 10.0. The lowest BCUT2D eigenvalue weighted by Crippen LogP contribution is -1.81. The zero-order chi connectivity index (χ0) is 17.1. The molecule has 0 aliphatic carbocycles. The van der Waals surface area contributed by atoms with Gasteiger partial charge in [0.2, 0.25) is 11.4 Å². The molecule has 0 aliphatic heterocycles. The molecular weight excluding hydrogens is 344 g/mol. The van der Waals surface area contributed by atoms with Crippen LogP contribution >= 0.6 is 11.3 Å². The van der Waals surface area contributed by atoms with Gasteiger partial charge in [0.05, 0.1) is 5.39 Å². The Balaban J connectivity index is 1.59. The molecule has 0 atom stereocenters. The minimum absolute atomic E-state index is 0.610. The van der Waals surface area contributed by atoms with Crippen molar-refractivity contribution < 1.29 is 4.42 Å². The standard InChI is InChI=1S/C20H10N4OS/c1-2-13-15-8-12(10-24-19(15)25-18(13)22-5-1)11-3-4-14-16(9-11)26-20-17(14)21-6-7-23-20/h1-10H. The Labute approximate surface area is 151 Å². The maximum Gasteiger partial charge on any atom is 0.229 e. The number of hydrogen-bond acceptors (Lipinski definition) is 6. The van der Waals surface area contributed by atoms with Crippen LogP contribution in [0.25, 0.3) is 53.8 Å². The van der Waals surface area contributed by atoms with Gasteiger partial charge >= 0.3 is 0 Å². The van der Waals surface area contributed by atoms with Crippen LogP contribution in [0.1, 0.15) is 0 Å². The number of aromatic nitrogens is 4. The average molecular weight is 354 g/mol. The minimum atomic E-state index is 0.610. The van der Waals surface area contributed by atoms with E-state index in [4.69, 9.17) is 4.42 Å². The lowest BCUT2D eigenvalue weighted by molar-refractivity contribution is 0.640. The molecule has 0 bridgehead atoms. The zero-order valence-corrected chi connectivity index (χ0v) is 14.2. The highest BCUT2D eigenvalue weighted by Gasteiger charge is 2.12. The number of rotatable bonds is 1. The number of nitrogens with zero attached hydrogens (tertiary/aromatic N) is 4. The molecule has 0 saturated carbocycles. The Morgan fingerprint density at radius 1 is 0.731 bits per heavy atom. The van der Waals surface area contributed by atoms with Crippen LogP contribution < -0.4 is 0 Å². The van der Waals surface area contributed by atoms with E-state index in [1.54, 1.807) is 29.9 Å². The highest BCUT2D eigenvalue weighted by molar-refractivity contribution is 7.25. The lowest BCUT2D eigenvalue weighted by Gasteiger charge is -2.01. The molecule has 0 spiro atoms. The van der Waals surface area contributed by atoms with Crippen LogP contribution in [0.3, 0.4) is 0 Å². The fraction of sp³-hybridized carbons (Fsp3) is 0. The second-order valence-corrected chi connectivity index (χ2v) is 7.09. The molecule has 5 nitrogen and oxygen atoms in total. The molecule has 26 heavy (non-hydrogen) atoms. The van der Waals surface area contributed by atoms with Gasteiger partial charge in [-0.3, -0.25) is 4.98 Å². The van der Waals surface area contributed by atoms with Gasteiger partial charge in [0.1, 0.15) is 10.3 Å². The summed E-state index contributed by atoms with van der Waals surface area (Å²) in [5.41, 5.74) is 4.34. The van der Waals surface area contributed by atoms with E-state index in [1.807, 2.05) is 18.3 Å². The molecule has 122 valence electrons. The fourth-order valence-electron chi connectivity index (χ4n) is 3.32. The normalized spacial score (nSPS) is 11.8. The Morgan fingerprint density at radius 2 is 1.65 bits per heavy atom. The topological polar surface area (TPSA) is 64.7 Å². The molecule has 5 aromatic heterocycles. The molecule has 1 aromatic carbocycles. The summed E-state index contributed by atoms with van der Waals surface area (Å²) in [6.45, 7) is 0. The van der Waals surface area contributed by atoms with Crippen LogP contribution in [0.5, 0.6) is 0 Å². The first-order valence-electron chi connectivity index (χ1n) is 8.14. The molecule has 0 unspecified atom stereocenters. The van der Waals surface area contributed by atoms with Crippen LogP contribution in [0.4, 0.5) is 0 Å². The zero-order valence-electron chi connectivity index (χ0n) is 13.4. The molecule has 6 rings (SSSR count). The first-order valence-corrected chi connectivity index (χ1v) is 8.95. The SMILES string of the molecule is c1cnc2oc3ncc(-c4ccc5c(c4)sc4nccnc45)cc3c2c1. The summed E-state index contributed by atoms with van der Waals surface area (Å²) in [6, 6.07) is 12.4. The molecule has 0 N–H and O–H groups in total. The number of fused-ring (bicyclic) bond motifs is 6. The van der Waals surface area contributed by atoms with Crippen molar-refractivity contribution in [2.24, 2.45) is 0 Å². The maximum atomic E-state index is 5.72. The summed E-state index contributed by atoms with van der Waals surface area (Å²) in [4.78, 5) is 18.6. The van der Waals surface area contributed by atoms with Gasteiger partial charge in [0.25, 0.3) is 0 Å². The maximum absolute atomic E-state index is 5.72. The first kappa shape index (κ1) is 13.9. The largest absolute Gasteiger partial charge is 0.419 e. The van der Waals surface area contributed by atoms with Gasteiger partial charge in [-0.25, -0.2) is 15.0 Å². The van der Waals surface area contributed by atoms with E-state index in [0.717, 1.165) is 37.6 Å². The van der Waals surface area contributed by atoms with E-state index in [9.17, 15) is 0 Å². The van der Waals surface area contributed by atoms with E-state index in [-0.39, 0.29) is 0 Å². The second-order valence-electron chi connectivity index (χ2n) is 6.06. The first-order chi connectivity index (χ1) is 12.9. The van der Waals surface area contributed by atoms with Crippen molar-refractivity contribution in [2.75, 3.05) is 0 Å². The van der Waals surface area contributed by atoms with Crippen molar-refractivity contribution in [2.45, 2.75) is 0 Å². The van der Waals surface area contributed by atoms with Crippen LogP contribution in [0.2, 0.25) is 0 Å². The van der Waals surface area contributed by atoms with Crippen LogP contribution in [-0.2, 0) is 0 Å². The molecular formula is C20H10N4OS. The van der Waals surface area contributed by atoms with Crippen molar-refractivity contribution in [1.82, 2.24) is 19.9 Å². The monoisotopic (exact) mass is 354 g/mol. The molecule has 6 aromatic rings. The Morgan fingerprint density at radius 3 is 2.65 bits per heavy atom. The van der Waals surface area contributed by atoms with Gasteiger partial charge in [0, 0.05) is 45.8 Å². The van der Waals surface area contributed by atoms with Crippen LogP contribution in [0.15, 0.2) is 65.6 Å². The highest BCUT2D eigenvalue weighted by atomic mass is 32.1. The predicted octanol–water partition coefficient (Wildman–Crippen LogP) is 5.20. The van der Waals surface area contributed by atoms with Crippen LogP contribution in [-0.4, -0.2) is 19.9 Å². The summed E-state index contributed by atoms with van der Waals surface area (Å²) in [7, 11) is 0. The molecule has 0 saturated heterocycles. The third kappa shape index (κ3) is 1.90. The second kappa shape index (κ2) is 5.06. The van der Waals surface area contributed by atoms with Crippen molar-refractivity contribution in [3.8, 4) is 11.1 Å². The van der Waals surface area contributed by atoms with E-state index in [2.05, 4.69) is 44.2 Å². The molecule has 0 radical (unpaired) electrons. The molecule has 0 fully saturated rings. The van der Waals surface area contributed by atoms with Gasteiger partial charge in [-0.1, -0.05) is 12.1 Å². The minimum Gasteiger partial charge on any atom is -0.419 e. The quantitative estimate of drug-likeness (QED) is 0.406. The van der Waals surface area contributed by atoms with E-state index in [1.165, 1.54) is 4.70 Å². The number of benzene rings is 1. The smallest absolute Gasteiger partial charge is 0.229 e. The van der Waals surface area contributed by atoms with Gasteiger partial charge in [0.15, 0.2) is 0 Å². The van der Waals surface area contributed by atoms with Crippen molar-refractivity contribution in [1.29, 1.82) is 0 Å². The number of hydrogen-bond donors (Lipinski definition) is 0. The van der Waals surface area contributed by atoms with Crippen LogP contribution in [0, 0.1) is 0 Å². The van der Waals surface area contributed by atoms with Crippen molar-refractivity contribution >= 4 is 54.0 Å². The van der Waals surface area contributed by atoms with Crippen molar-refractivity contribution in [3.63, 3.8) is 0 Å².